The number of carbonyl (C=O) groups is 1. The van der Waals surface area contributed by atoms with E-state index < -0.39 is 10.0 Å². The van der Waals surface area contributed by atoms with Gasteiger partial charge in [-0.2, -0.15) is 0 Å². The maximum atomic E-state index is 13.2. The molecule has 0 atom stereocenters. The summed E-state index contributed by atoms with van der Waals surface area (Å²) in [5, 5.41) is 0. The molecule has 7 rings (SSSR count). The van der Waals surface area contributed by atoms with Crippen molar-refractivity contribution < 1.29 is 17.9 Å². The maximum Gasteiger partial charge on any atom is 0.243 e. The Kier molecular flexibility index (Phi) is 6.57. The van der Waals surface area contributed by atoms with E-state index in [1.807, 2.05) is 36.4 Å². The van der Waals surface area contributed by atoms with E-state index >= 15 is 0 Å². The Hall–Kier alpha value is -2.74. The second-order valence-electron chi connectivity index (χ2n) is 12.1. The number of anilines is 2. The molecule has 5 aliphatic rings. The molecule has 7 nitrogen and oxygen atoms in total. The molecule has 0 aromatic heterocycles. The molecule has 1 aliphatic heterocycles. The van der Waals surface area contributed by atoms with Crippen LogP contribution >= 0.6 is 0 Å². The van der Waals surface area contributed by atoms with E-state index in [1.165, 1.54) is 54.6 Å². The Morgan fingerprint density at radius 2 is 1.45 bits per heavy atom. The predicted molar refractivity (Wildman–Crippen MR) is 150 cm³/mol. The first-order valence-corrected chi connectivity index (χ1v) is 15.8. The van der Waals surface area contributed by atoms with Crippen LogP contribution in [-0.4, -0.2) is 65.3 Å². The minimum atomic E-state index is -3.61. The number of hydrogen-bond acceptors (Lipinski definition) is 5. The highest BCUT2D eigenvalue weighted by Gasteiger charge is 2.51. The van der Waals surface area contributed by atoms with Crippen molar-refractivity contribution in [2.24, 2.45) is 17.8 Å². The van der Waals surface area contributed by atoms with Crippen LogP contribution in [0, 0.1) is 17.8 Å². The molecule has 4 saturated carbocycles. The van der Waals surface area contributed by atoms with Crippen LogP contribution in [0.5, 0.6) is 5.75 Å². The average Bonchev–Trinajstić information content (AvgIpc) is 2.90. The van der Waals surface area contributed by atoms with E-state index in [0.717, 1.165) is 29.2 Å². The van der Waals surface area contributed by atoms with Crippen LogP contribution in [0.3, 0.4) is 0 Å². The first-order valence-electron chi connectivity index (χ1n) is 14.0. The smallest absolute Gasteiger partial charge is 0.243 e. The lowest BCUT2D eigenvalue weighted by Gasteiger charge is -2.57. The number of methoxy groups -OCH3 is 1. The summed E-state index contributed by atoms with van der Waals surface area (Å²) in [7, 11) is -1.96. The van der Waals surface area contributed by atoms with E-state index in [9.17, 15) is 13.2 Å². The molecule has 2 aromatic carbocycles. The second-order valence-corrected chi connectivity index (χ2v) is 14.0. The van der Waals surface area contributed by atoms with Gasteiger partial charge in [0.1, 0.15) is 12.3 Å². The highest BCUT2D eigenvalue weighted by molar-refractivity contribution is 7.92. The fourth-order valence-electron chi connectivity index (χ4n) is 8.08. The summed E-state index contributed by atoms with van der Waals surface area (Å²) in [5.41, 5.74) is 3.29. The molecule has 0 N–H and O–H groups in total. The normalized spacial score (nSPS) is 28.4. The Bertz CT molecular complexity index is 1230. The van der Waals surface area contributed by atoms with Crippen molar-refractivity contribution in [3.05, 3.63) is 54.1 Å². The van der Waals surface area contributed by atoms with Crippen molar-refractivity contribution >= 4 is 27.3 Å². The SMILES string of the molecule is COc1ccc(N2CCN(C(=O)CN(c3ccc(C45CC6CC(CC(C6)C4)C5)cc3)S(C)(=O)=O)CC2)cc1. The van der Waals surface area contributed by atoms with Gasteiger partial charge in [-0.15, -0.1) is 0 Å². The van der Waals surface area contributed by atoms with Crippen LogP contribution in [0.1, 0.15) is 44.1 Å². The number of rotatable bonds is 7. The van der Waals surface area contributed by atoms with Crippen LogP contribution in [0.25, 0.3) is 0 Å². The Labute approximate surface area is 226 Å². The van der Waals surface area contributed by atoms with E-state index in [0.29, 0.717) is 31.9 Å². The first kappa shape index (κ1) is 25.5. The molecule has 5 fully saturated rings. The lowest BCUT2D eigenvalue weighted by atomic mass is 9.48. The van der Waals surface area contributed by atoms with E-state index in [-0.39, 0.29) is 17.9 Å². The second kappa shape index (κ2) is 9.78. The zero-order valence-electron chi connectivity index (χ0n) is 22.5. The lowest BCUT2D eigenvalue weighted by molar-refractivity contribution is -0.129. The van der Waals surface area contributed by atoms with Crippen LogP contribution < -0.4 is 13.9 Å². The third kappa shape index (κ3) is 4.88. The number of nitrogens with zero attached hydrogens (tertiary/aromatic N) is 3. The summed E-state index contributed by atoms with van der Waals surface area (Å²) in [6.45, 7) is 2.37. The highest BCUT2D eigenvalue weighted by atomic mass is 32.2. The zero-order valence-corrected chi connectivity index (χ0v) is 23.3. The quantitative estimate of drug-likeness (QED) is 0.528. The van der Waals surface area contributed by atoms with Gasteiger partial charge >= 0.3 is 0 Å². The van der Waals surface area contributed by atoms with Gasteiger partial charge in [0.05, 0.1) is 19.1 Å². The van der Waals surface area contributed by atoms with Crippen LogP contribution in [0.2, 0.25) is 0 Å². The molecule has 8 heteroatoms. The van der Waals surface area contributed by atoms with Gasteiger partial charge in [-0.1, -0.05) is 12.1 Å². The molecule has 4 bridgehead atoms. The number of benzene rings is 2. The molecule has 1 heterocycles. The van der Waals surface area contributed by atoms with Gasteiger partial charge in [-0.05, 0) is 104 Å². The van der Waals surface area contributed by atoms with Crippen LogP contribution in [-0.2, 0) is 20.2 Å². The van der Waals surface area contributed by atoms with Crippen molar-refractivity contribution in [3.63, 3.8) is 0 Å². The van der Waals surface area contributed by atoms with Crippen molar-refractivity contribution in [1.82, 2.24) is 4.90 Å². The number of carbonyl (C=O) groups excluding carboxylic acids is 1. The van der Waals surface area contributed by atoms with E-state index in [2.05, 4.69) is 17.0 Å². The molecule has 4 aliphatic carbocycles. The third-order valence-electron chi connectivity index (χ3n) is 9.56. The first-order chi connectivity index (χ1) is 18.2. The van der Waals surface area contributed by atoms with Gasteiger partial charge in [0.25, 0.3) is 0 Å². The molecular weight excluding hydrogens is 498 g/mol. The van der Waals surface area contributed by atoms with Crippen molar-refractivity contribution in [3.8, 4) is 5.75 Å². The Morgan fingerprint density at radius 1 is 0.895 bits per heavy atom. The van der Waals surface area contributed by atoms with Crippen LogP contribution in [0.4, 0.5) is 11.4 Å². The number of hydrogen-bond donors (Lipinski definition) is 0. The molecule has 204 valence electrons. The summed E-state index contributed by atoms with van der Waals surface area (Å²) < 4.78 is 32.1. The summed E-state index contributed by atoms with van der Waals surface area (Å²) in [4.78, 5) is 17.3. The number of amides is 1. The fourth-order valence-corrected chi connectivity index (χ4v) is 8.93. The average molecular weight is 538 g/mol. The molecule has 0 spiro atoms. The lowest BCUT2D eigenvalue weighted by Crippen LogP contribution is -2.52. The van der Waals surface area contributed by atoms with Crippen molar-refractivity contribution in [2.75, 3.05) is 55.3 Å². The number of sulfonamides is 1. The summed E-state index contributed by atoms with van der Waals surface area (Å²) >= 11 is 0. The molecule has 1 amide bonds. The van der Waals surface area contributed by atoms with Gasteiger partial charge in [-0.25, -0.2) is 8.42 Å². The van der Waals surface area contributed by atoms with Crippen molar-refractivity contribution in [1.29, 1.82) is 0 Å². The molecule has 0 unspecified atom stereocenters. The van der Waals surface area contributed by atoms with Gasteiger partial charge in [0, 0.05) is 31.9 Å². The molecule has 2 aromatic rings. The predicted octanol–water partition coefficient (Wildman–Crippen LogP) is 4.28. The highest BCUT2D eigenvalue weighted by Crippen LogP contribution is 2.60. The van der Waals surface area contributed by atoms with Crippen molar-refractivity contribution in [2.45, 2.75) is 43.9 Å². The summed E-state index contributed by atoms with van der Waals surface area (Å²) in [6, 6.07) is 16.0. The molecule has 38 heavy (non-hydrogen) atoms. The standard InChI is InChI=1S/C30H39N3O4S/c1-37-28-9-7-26(8-10-28)31-11-13-32(14-12-31)29(34)21-33(38(2,35)36)27-5-3-25(4-6-27)30-18-22-15-23(19-30)17-24(16-22)20-30/h3-10,22-24H,11-21H2,1-2H3. The Balaban J connectivity index is 1.12. The van der Waals surface area contributed by atoms with Gasteiger partial charge in [-0.3, -0.25) is 9.10 Å². The monoisotopic (exact) mass is 537 g/mol. The largest absolute Gasteiger partial charge is 0.497 e. The molecule has 0 radical (unpaired) electrons. The van der Waals surface area contributed by atoms with E-state index in [1.54, 1.807) is 12.0 Å². The number of ether oxygens (including phenoxy) is 1. The minimum absolute atomic E-state index is 0.157. The summed E-state index contributed by atoms with van der Waals surface area (Å²) in [6.07, 6.45) is 9.20. The topological polar surface area (TPSA) is 70.2 Å². The Morgan fingerprint density at radius 3 is 1.95 bits per heavy atom. The molecular formula is C30H39N3O4S. The summed E-state index contributed by atoms with van der Waals surface area (Å²) in [5.74, 6) is 3.23. The van der Waals surface area contributed by atoms with Gasteiger partial charge in [0.15, 0.2) is 0 Å². The van der Waals surface area contributed by atoms with Gasteiger partial charge in [0.2, 0.25) is 15.9 Å². The number of piperazine rings is 1. The third-order valence-corrected chi connectivity index (χ3v) is 10.7. The van der Waals surface area contributed by atoms with E-state index in [4.69, 9.17) is 4.74 Å². The maximum absolute atomic E-state index is 13.2. The fraction of sp³-hybridized carbons (Fsp3) is 0.567. The minimum Gasteiger partial charge on any atom is -0.497 e. The van der Waals surface area contributed by atoms with Crippen LogP contribution in [0.15, 0.2) is 48.5 Å². The zero-order chi connectivity index (χ0) is 26.5. The van der Waals surface area contributed by atoms with Gasteiger partial charge < -0.3 is 14.5 Å². The molecule has 1 saturated heterocycles.